The van der Waals surface area contributed by atoms with Crippen molar-refractivity contribution in [3.63, 3.8) is 0 Å². The lowest BCUT2D eigenvalue weighted by Gasteiger charge is -2.38. The highest BCUT2D eigenvalue weighted by molar-refractivity contribution is 5.92. The van der Waals surface area contributed by atoms with E-state index in [2.05, 4.69) is 27.4 Å². The number of carbonyl (C=O) groups is 1. The molecule has 1 N–H and O–H groups in total. The zero-order chi connectivity index (χ0) is 19.4. The fourth-order valence-electron chi connectivity index (χ4n) is 3.68. The van der Waals surface area contributed by atoms with Crippen LogP contribution in [0.25, 0.3) is 5.78 Å². The topological polar surface area (TPSA) is 77.8 Å². The summed E-state index contributed by atoms with van der Waals surface area (Å²) in [6.07, 6.45) is 6.89. The first-order valence-corrected chi connectivity index (χ1v) is 9.59. The van der Waals surface area contributed by atoms with Gasteiger partial charge in [0.2, 0.25) is 5.78 Å². The number of nitrogens with one attached hydrogen (secondary N) is 1. The number of hydrogen-bond acceptors (Lipinski definition) is 5. The Morgan fingerprint density at radius 1 is 1.29 bits per heavy atom. The Morgan fingerprint density at radius 3 is 2.79 bits per heavy atom. The minimum absolute atomic E-state index is 0.157. The minimum atomic E-state index is -0.192. The molecule has 1 aliphatic rings. The summed E-state index contributed by atoms with van der Waals surface area (Å²) >= 11 is 0. The van der Waals surface area contributed by atoms with Crippen LogP contribution in [0.4, 0.5) is 0 Å². The summed E-state index contributed by atoms with van der Waals surface area (Å²) < 4.78 is 12.9. The maximum atomic E-state index is 12.7. The molecule has 1 fully saturated rings. The molecule has 2 aromatic heterocycles. The van der Waals surface area contributed by atoms with Crippen LogP contribution in [0, 0.1) is 0 Å². The van der Waals surface area contributed by atoms with Crippen LogP contribution < -0.4 is 10.1 Å². The number of amides is 1. The summed E-state index contributed by atoms with van der Waals surface area (Å²) in [5, 5.41) is 3.08. The molecule has 7 nitrogen and oxygen atoms in total. The van der Waals surface area contributed by atoms with E-state index in [9.17, 15) is 4.79 Å². The summed E-state index contributed by atoms with van der Waals surface area (Å²) in [5.41, 5.74) is 1.40. The summed E-state index contributed by atoms with van der Waals surface area (Å²) in [5.74, 6) is 1.18. The molecule has 4 rings (SSSR count). The molecule has 1 aromatic carbocycles. The molecule has 0 atom stereocenters. The lowest BCUT2D eigenvalue weighted by molar-refractivity contribution is 0.0486. The van der Waals surface area contributed by atoms with Crippen LogP contribution in [-0.2, 0) is 10.2 Å². The number of imidazole rings is 1. The number of rotatable bonds is 6. The Kier molecular flexibility index (Phi) is 5.25. The SMILES string of the molecule is CCOc1ccc(C2(CNC(=O)c3cn4cccnc4n3)CCOCC2)cc1. The molecule has 0 spiro atoms. The predicted octanol–water partition coefficient (Wildman–Crippen LogP) is 2.61. The van der Waals surface area contributed by atoms with Crippen LogP contribution in [0.2, 0.25) is 0 Å². The molecular formula is C21H24N4O3. The van der Waals surface area contributed by atoms with Crippen LogP contribution in [0.15, 0.2) is 48.9 Å². The smallest absolute Gasteiger partial charge is 0.271 e. The van der Waals surface area contributed by atoms with Crippen LogP contribution in [-0.4, -0.2) is 46.6 Å². The average Bonchev–Trinajstić information content (AvgIpc) is 3.18. The van der Waals surface area contributed by atoms with Crippen LogP contribution >= 0.6 is 0 Å². The van der Waals surface area contributed by atoms with E-state index in [0.29, 0.717) is 37.8 Å². The summed E-state index contributed by atoms with van der Waals surface area (Å²) in [4.78, 5) is 21.2. The number of nitrogens with zero attached hydrogens (tertiary/aromatic N) is 3. The quantitative estimate of drug-likeness (QED) is 0.711. The molecule has 0 aliphatic carbocycles. The van der Waals surface area contributed by atoms with Crippen LogP contribution in [0.1, 0.15) is 35.8 Å². The fraction of sp³-hybridized carbons (Fsp3) is 0.381. The van der Waals surface area contributed by atoms with E-state index < -0.39 is 0 Å². The highest BCUT2D eigenvalue weighted by atomic mass is 16.5. The van der Waals surface area contributed by atoms with Crippen molar-refractivity contribution in [1.29, 1.82) is 0 Å². The maximum absolute atomic E-state index is 12.7. The van der Waals surface area contributed by atoms with Gasteiger partial charge in [0.25, 0.3) is 5.91 Å². The molecule has 0 unspecified atom stereocenters. The number of hydrogen-bond donors (Lipinski definition) is 1. The van der Waals surface area contributed by atoms with Crippen molar-refractivity contribution >= 4 is 11.7 Å². The lowest BCUT2D eigenvalue weighted by atomic mass is 9.74. The molecule has 146 valence electrons. The normalized spacial score (nSPS) is 16.0. The Hall–Kier alpha value is -2.93. The first kappa shape index (κ1) is 18.4. The fourth-order valence-corrected chi connectivity index (χ4v) is 3.68. The second kappa shape index (κ2) is 7.98. The first-order valence-electron chi connectivity index (χ1n) is 9.59. The third kappa shape index (κ3) is 3.71. The van der Waals surface area contributed by atoms with Crippen molar-refractivity contribution in [2.75, 3.05) is 26.4 Å². The van der Waals surface area contributed by atoms with Gasteiger partial charge < -0.3 is 14.8 Å². The molecule has 3 heterocycles. The van der Waals surface area contributed by atoms with Crippen LogP contribution in [0.5, 0.6) is 5.75 Å². The maximum Gasteiger partial charge on any atom is 0.271 e. The molecular weight excluding hydrogens is 356 g/mol. The van der Waals surface area contributed by atoms with E-state index in [1.807, 2.05) is 25.3 Å². The van der Waals surface area contributed by atoms with Gasteiger partial charge in [-0.25, -0.2) is 9.97 Å². The number of ether oxygens (including phenoxy) is 2. The number of aromatic nitrogens is 3. The van der Waals surface area contributed by atoms with Gasteiger partial charge in [0.1, 0.15) is 11.4 Å². The molecule has 3 aromatic rings. The van der Waals surface area contributed by atoms with E-state index in [-0.39, 0.29) is 11.3 Å². The van der Waals surface area contributed by atoms with Gasteiger partial charge in [-0.2, -0.15) is 0 Å². The summed E-state index contributed by atoms with van der Waals surface area (Å²) in [6, 6.07) is 9.98. The van der Waals surface area contributed by atoms with Crippen molar-refractivity contribution < 1.29 is 14.3 Å². The monoisotopic (exact) mass is 380 g/mol. The standard InChI is InChI=1S/C21H24N4O3/c1-2-28-17-6-4-16(5-7-17)21(8-12-27-13-9-21)15-23-19(26)18-14-25-11-3-10-22-20(25)24-18/h3-7,10-11,14H,2,8-9,12-13,15H2,1H3,(H,23,26). The van der Waals surface area contributed by atoms with Gasteiger partial charge >= 0.3 is 0 Å². The third-order valence-corrected chi connectivity index (χ3v) is 5.28. The van der Waals surface area contributed by atoms with Gasteiger partial charge in [-0.05, 0) is 43.5 Å². The highest BCUT2D eigenvalue weighted by Gasteiger charge is 2.35. The zero-order valence-corrected chi connectivity index (χ0v) is 15.9. The average molecular weight is 380 g/mol. The second-order valence-electron chi connectivity index (χ2n) is 6.99. The largest absolute Gasteiger partial charge is 0.494 e. The zero-order valence-electron chi connectivity index (χ0n) is 15.9. The number of fused-ring (bicyclic) bond motifs is 1. The van der Waals surface area contributed by atoms with E-state index in [1.165, 1.54) is 5.56 Å². The Labute approximate surface area is 163 Å². The van der Waals surface area contributed by atoms with E-state index in [1.54, 1.807) is 22.9 Å². The van der Waals surface area contributed by atoms with Crippen molar-refractivity contribution in [3.05, 3.63) is 60.2 Å². The Morgan fingerprint density at radius 2 is 2.07 bits per heavy atom. The third-order valence-electron chi connectivity index (χ3n) is 5.28. The van der Waals surface area contributed by atoms with E-state index in [0.717, 1.165) is 18.6 Å². The van der Waals surface area contributed by atoms with Crippen molar-refractivity contribution in [1.82, 2.24) is 19.7 Å². The van der Waals surface area contributed by atoms with Crippen LogP contribution in [0.3, 0.4) is 0 Å². The Bertz CT molecular complexity index is 913. The molecule has 0 radical (unpaired) electrons. The molecule has 28 heavy (non-hydrogen) atoms. The van der Waals surface area contributed by atoms with Gasteiger partial charge in [-0.1, -0.05) is 12.1 Å². The Balaban J connectivity index is 1.52. The summed E-state index contributed by atoms with van der Waals surface area (Å²) in [6.45, 7) is 4.51. The van der Waals surface area contributed by atoms with Gasteiger partial charge in [0.15, 0.2) is 0 Å². The number of benzene rings is 1. The summed E-state index contributed by atoms with van der Waals surface area (Å²) in [7, 11) is 0. The molecule has 0 saturated carbocycles. The van der Waals surface area contributed by atoms with Gasteiger partial charge in [-0.15, -0.1) is 0 Å². The highest BCUT2D eigenvalue weighted by Crippen LogP contribution is 2.35. The van der Waals surface area contributed by atoms with Crippen molar-refractivity contribution in [2.45, 2.75) is 25.2 Å². The van der Waals surface area contributed by atoms with E-state index in [4.69, 9.17) is 9.47 Å². The molecule has 7 heteroatoms. The molecule has 1 saturated heterocycles. The predicted molar refractivity (Wildman–Crippen MR) is 105 cm³/mol. The molecule has 1 aliphatic heterocycles. The molecule has 0 bridgehead atoms. The molecule has 1 amide bonds. The first-order chi connectivity index (χ1) is 13.7. The van der Waals surface area contributed by atoms with Gasteiger partial charge in [0.05, 0.1) is 6.61 Å². The van der Waals surface area contributed by atoms with Crippen molar-refractivity contribution in [3.8, 4) is 5.75 Å². The lowest BCUT2D eigenvalue weighted by Crippen LogP contribution is -2.44. The minimum Gasteiger partial charge on any atom is -0.494 e. The second-order valence-corrected chi connectivity index (χ2v) is 6.99. The van der Waals surface area contributed by atoms with Gasteiger partial charge in [0, 0.05) is 43.8 Å². The van der Waals surface area contributed by atoms with E-state index >= 15 is 0 Å². The van der Waals surface area contributed by atoms with Crippen molar-refractivity contribution in [2.24, 2.45) is 0 Å². The van der Waals surface area contributed by atoms with Gasteiger partial charge in [-0.3, -0.25) is 9.20 Å². The number of carbonyl (C=O) groups excluding carboxylic acids is 1.